The Kier molecular flexibility index (Phi) is 1.92. The Hall–Kier alpha value is -1.56. The molecule has 2 heterocycles. The summed E-state index contributed by atoms with van der Waals surface area (Å²) in [5.74, 6) is 0.0704. The largest absolute Gasteiger partial charge is 0.465 e. The second-order valence-corrected chi connectivity index (χ2v) is 3.29. The fourth-order valence-corrected chi connectivity index (χ4v) is 1.62. The highest BCUT2D eigenvalue weighted by molar-refractivity contribution is 6.30. The molecule has 0 fully saturated rings. The van der Waals surface area contributed by atoms with Crippen molar-refractivity contribution >= 4 is 23.6 Å². The SMILES string of the molecule is Nc1nc(Cl)c2c(n1)CN(C(=O)O)C2. The Labute approximate surface area is 84.3 Å². The van der Waals surface area contributed by atoms with Gasteiger partial charge in [0.15, 0.2) is 0 Å². The van der Waals surface area contributed by atoms with Crippen LogP contribution in [0.2, 0.25) is 5.15 Å². The lowest BCUT2D eigenvalue weighted by molar-refractivity contribution is 0.145. The summed E-state index contributed by atoms with van der Waals surface area (Å²) in [6, 6.07) is 0. The van der Waals surface area contributed by atoms with Gasteiger partial charge in [-0.3, -0.25) is 4.90 Å². The van der Waals surface area contributed by atoms with Crippen LogP contribution in [-0.4, -0.2) is 26.1 Å². The third-order valence-corrected chi connectivity index (χ3v) is 2.33. The molecule has 1 aliphatic rings. The monoisotopic (exact) mass is 214 g/mol. The molecule has 0 bridgehead atoms. The van der Waals surface area contributed by atoms with Gasteiger partial charge in [0.1, 0.15) is 5.15 Å². The molecule has 0 saturated carbocycles. The van der Waals surface area contributed by atoms with Crippen LogP contribution in [0.3, 0.4) is 0 Å². The second-order valence-electron chi connectivity index (χ2n) is 2.94. The van der Waals surface area contributed by atoms with Crippen LogP contribution < -0.4 is 5.73 Å². The van der Waals surface area contributed by atoms with Gasteiger partial charge in [0.2, 0.25) is 5.95 Å². The van der Waals surface area contributed by atoms with Crippen LogP contribution in [0.4, 0.5) is 10.7 Å². The van der Waals surface area contributed by atoms with Gasteiger partial charge < -0.3 is 10.8 Å². The molecule has 1 amide bonds. The van der Waals surface area contributed by atoms with E-state index in [1.165, 1.54) is 4.90 Å². The first-order valence-corrected chi connectivity index (χ1v) is 4.24. The van der Waals surface area contributed by atoms with Crippen LogP contribution in [0.5, 0.6) is 0 Å². The van der Waals surface area contributed by atoms with E-state index in [2.05, 4.69) is 9.97 Å². The molecule has 74 valence electrons. The number of carboxylic acid groups (broad SMARTS) is 1. The molecule has 0 unspecified atom stereocenters. The number of fused-ring (bicyclic) bond motifs is 1. The Balaban J connectivity index is 2.39. The molecular formula is C7H7ClN4O2. The predicted molar refractivity (Wildman–Crippen MR) is 48.7 cm³/mol. The minimum Gasteiger partial charge on any atom is -0.465 e. The Morgan fingerprint density at radius 1 is 1.50 bits per heavy atom. The lowest BCUT2D eigenvalue weighted by atomic mass is 10.3. The first-order chi connectivity index (χ1) is 6.58. The Morgan fingerprint density at radius 3 is 2.86 bits per heavy atom. The lowest BCUT2D eigenvalue weighted by Crippen LogP contribution is -2.22. The first kappa shape index (κ1) is 9.01. The number of nitrogen functional groups attached to an aromatic ring is 1. The molecule has 1 aromatic heterocycles. The quantitative estimate of drug-likeness (QED) is 0.621. The van der Waals surface area contributed by atoms with Crippen LogP contribution in [0.1, 0.15) is 11.3 Å². The summed E-state index contributed by atoms with van der Waals surface area (Å²) in [7, 11) is 0. The minimum absolute atomic E-state index is 0.0704. The molecule has 7 heteroatoms. The van der Waals surface area contributed by atoms with Gasteiger partial charge in [-0.25, -0.2) is 14.8 Å². The highest BCUT2D eigenvalue weighted by Gasteiger charge is 2.27. The fraction of sp³-hybridized carbons (Fsp3) is 0.286. The number of rotatable bonds is 0. The molecular weight excluding hydrogens is 208 g/mol. The molecule has 6 nitrogen and oxygen atoms in total. The van der Waals surface area contributed by atoms with Crippen molar-refractivity contribution in [2.45, 2.75) is 13.1 Å². The molecule has 0 atom stereocenters. The van der Waals surface area contributed by atoms with Crippen molar-refractivity contribution in [2.75, 3.05) is 5.73 Å². The third kappa shape index (κ3) is 1.33. The summed E-state index contributed by atoms with van der Waals surface area (Å²) in [5, 5.41) is 8.98. The molecule has 0 radical (unpaired) electrons. The van der Waals surface area contributed by atoms with E-state index in [1.807, 2.05) is 0 Å². The summed E-state index contributed by atoms with van der Waals surface area (Å²) < 4.78 is 0. The smallest absolute Gasteiger partial charge is 0.407 e. The maximum Gasteiger partial charge on any atom is 0.407 e. The van der Waals surface area contributed by atoms with E-state index < -0.39 is 6.09 Å². The number of nitrogens with two attached hydrogens (primary N) is 1. The van der Waals surface area contributed by atoms with Gasteiger partial charge >= 0.3 is 6.09 Å². The summed E-state index contributed by atoms with van der Waals surface area (Å²) in [6.45, 7) is 0.445. The van der Waals surface area contributed by atoms with Crippen molar-refractivity contribution in [2.24, 2.45) is 0 Å². The number of nitrogens with zero attached hydrogens (tertiary/aromatic N) is 3. The zero-order valence-corrected chi connectivity index (χ0v) is 7.82. The van der Waals surface area contributed by atoms with E-state index in [0.29, 0.717) is 11.3 Å². The molecule has 3 N–H and O–H groups in total. The zero-order chi connectivity index (χ0) is 10.3. The molecule has 1 aliphatic heterocycles. The van der Waals surface area contributed by atoms with Crippen molar-refractivity contribution in [3.63, 3.8) is 0 Å². The number of hydrogen-bond acceptors (Lipinski definition) is 4. The van der Waals surface area contributed by atoms with E-state index in [4.69, 9.17) is 22.4 Å². The Morgan fingerprint density at radius 2 is 2.21 bits per heavy atom. The van der Waals surface area contributed by atoms with Crippen molar-refractivity contribution in [1.29, 1.82) is 0 Å². The van der Waals surface area contributed by atoms with Crippen molar-refractivity contribution in [3.05, 3.63) is 16.4 Å². The number of aromatic nitrogens is 2. The maximum atomic E-state index is 10.7. The number of anilines is 1. The van der Waals surface area contributed by atoms with E-state index in [1.54, 1.807) is 0 Å². The summed E-state index contributed by atoms with van der Waals surface area (Å²) >= 11 is 5.79. The molecule has 1 aromatic rings. The van der Waals surface area contributed by atoms with E-state index in [-0.39, 0.29) is 24.2 Å². The van der Waals surface area contributed by atoms with Crippen LogP contribution >= 0.6 is 11.6 Å². The number of amides is 1. The number of hydrogen-bond donors (Lipinski definition) is 2. The average molecular weight is 215 g/mol. The Bertz CT molecular complexity index is 409. The van der Waals surface area contributed by atoms with Gasteiger partial charge in [-0.15, -0.1) is 0 Å². The molecule has 14 heavy (non-hydrogen) atoms. The van der Waals surface area contributed by atoms with Crippen molar-refractivity contribution < 1.29 is 9.90 Å². The predicted octanol–water partition coefficient (Wildman–Crippen LogP) is 0.706. The summed E-state index contributed by atoms with van der Waals surface area (Å²) in [4.78, 5) is 19.5. The fourth-order valence-electron chi connectivity index (χ4n) is 1.37. The molecule has 0 aromatic carbocycles. The van der Waals surface area contributed by atoms with Crippen LogP contribution in [0.25, 0.3) is 0 Å². The van der Waals surface area contributed by atoms with Crippen LogP contribution in [0.15, 0.2) is 0 Å². The van der Waals surface area contributed by atoms with Gasteiger partial charge in [0.25, 0.3) is 0 Å². The van der Waals surface area contributed by atoms with Crippen LogP contribution in [-0.2, 0) is 13.1 Å². The van der Waals surface area contributed by atoms with Gasteiger partial charge in [0, 0.05) is 5.56 Å². The molecule has 0 saturated heterocycles. The van der Waals surface area contributed by atoms with Gasteiger partial charge in [0.05, 0.1) is 18.8 Å². The normalized spacial score (nSPS) is 14.2. The maximum absolute atomic E-state index is 10.7. The summed E-state index contributed by atoms with van der Waals surface area (Å²) in [5.41, 5.74) is 6.61. The molecule has 0 aliphatic carbocycles. The van der Waals surface area contributed by atoms with Crippen LogP contribution in [0, 0.1) is 0 Å². The molecule has 0 spiro atoms. The second kappa shape index (κ2) is 2.98. The highest BCUT2D eigenvalue weighted by atomic mass is 35.5. The zero-order valence-electron chi connectivity index (χ0n) is 7.07. The average Bonchev–Trinajstić information content (AvgIpc) is 2.47. The highest BCUT2D eigenvalue weighted by Crippen LogP contribution is 2.26. The van der Waals surface area contributed by atoms with Gasteiger partial charge in [-0.2, -0.15) is 0 Å². The van der Waals surface area contributed by atoms with Crippen molar-refractivity contribution in [1.82, 2.24) is 14.9 Å². The first-order valence-electron chi connectivity index (χ1n) is 3.86. The number of halogens is 1. The van der Waals surface area contributed by atoms with E-state index in [9.17, 15) is 4.79 Å². The standard InChI is InChI=1S/C7H7ClN4O2/c8-5-3-1-12(7(13)14)2-4(3)10-6(9)11-5/h1-2H2,(H,13,14)(H2,9,10,11). The molecule has 2 rings (SSSR count). The van der Waals surface area contributed by atoms with Gasteiger partial charge in [-0.05, 0) is 0 Å². The summed E-state index contributed by atoms with van der Waals surface area (Å²) in [6.07, 6.45) is -1.00. The lowest BCUT2D eigenvalue weighted by Gasteiger charge is -2.08. The minimum atomic E-state index is -1.00. The topological polar surface area (TPSA) is 92.3 Å². The van der Waals surface area contributed by atoms with Crippen molar-refractivity contribution in [3.8, 4) is 0 Å². The van der Waals surface area contributed by atoms with E-state index in [0.717, 1.165) is 0 Å². The van der Waals surface area contributed by atoms with Gasteiger partial charge in [-0.1, -0.05) is 11.6 Å². The van der Waals surface area contributed by atoms with E-state index >= 15 is 0 Å². The third-order valence-electron chi connectivity index (χ3n) is 2.02. The number of carbonyl (C=O) groups is 1.